The fraction of sp³-hybridized carbons (Fsp3) is 0.564. The summed E-state index contributed by atoms with van der Waals surface area (Å²) >= 11 is 0. The van der Waals surface area contributed by atoms with Gasteiger partial charge in [-0.3, -0.25) is 14.8 Å². The van der Waals surface area contributed by atoms with Gasteiger partial charge in [0.2, 0.25) is 0 Å². The Bertz CT molecular complexity index is 2190. The minimum Gasteiger partial charge on any atom is -0.492 e. The van der Waals surface area contributed by atoms with Gasteiger partial charge in [0.15, 0.2) is 15.7 Å². The summed E-state index contributed by atoms with van der Waals surface area (Å²) in [6.45, 7) is 21.5. The van der Waals surface area contributed by atoms with Crippen LogP contribution in [0.3, 0.4) is 0 Å². The first-order valence-electron chi connectivity index (χ1n) is 19.4. The van der Waals surface area contributed by atoms with Crippen LogP contribution in [0.1, 0.15) is 76.6 Å². The van der Waals surface area contributed by atoms with Gasteiger partial charge >= 0.3 is 6.09 Å². The molecule has 2 aliphatic heterocycles. The lowest BCUT2D eigenvalue weighted by Crippen LogP contribution is -2.55. The standard InChI is InChI=1S/C39H55N11O6S/c1-25-23-49(16-17-50(25)37(52)56-38(4,5)6)33-22-40-30(21-41-33)36(51)48-14-12-47(13-15-48)11-10-18-55-31-20-29-28(19-32(31)57(53,54)39(7,8)9)35(43-24-42-29)44-34-26(2)27(3)45-46-34/h19-22,24-25H,10-18,23H2,1-9H3,(H2,42,43,44,45,46)/t25-/m1/s1. The highest BCUT2D eigenvalue weighted by atomic mass is 32.2. The second kappa shape index (κ2) is 16.4. The van der Waals surface area contributed by atoms with E-state index in [1.54, 1.807) is 48.9 Å². The smallest absolute Gasteiger partial charge is 0.410 e. The van der Waals surface area contributed by atoms with E-state index in [1.165, 1.54) is 12.5 Å². The van der Waals surface area contributed by atoms with E-state index in [-0.39, 0.29) is 41.0 Å². The first-order chi connectivity index (χ1) is 26.8. The largest absolute Gasteiger partial charge is 0.492 e. The van der Waals surface area contributed by atoms with Crippen molar-refractivity contribution in [3.63, 3.8) is 0 Å². The van der Waals surface area contributed by atoms with E-state index >= 15 is 0 Å². The summed E-state index contributed by atoms with van der Waals surface area (Å²) in [5, 5.41) is 11.0. The van der Waals surface area contributed by atoms with Crippen LogP contribution >= 0.6 is 0 Å². The molecule has 2 fully saturated rings. The molecule has 0 spiro atoms. The van der Waals surface area contributed by atoms with E-state index in [4.69, 9.17) is 9.47 Å². The molecule has 3 aromatic heterocycles. The molecule has 57 heavy (non-hydrogen) atoms. The van der Waals surface area contributed by atoms with E-state index in [2.05, 4.69) is 45.2 Å². The number of aromatic amines is 1. The number of nitrogens with one attached hydrogen (secondary N) is 2. The van der Waals surface area contributed by atoms with Crippen molar-refractivity contribution in [3.8, 4) is 5.75 Å². The highest BCUT2D eigenvalue weighted by molar-refractivity contribution is 7.92. The lowest BCUT2D eigenvalue weighted by Gasteiger charge is -2.40. The van der Waals surface area contributed by atoms with Crippen molar-refractivity contribution in [2.75, 3.05) is 69.2 Å². The van der Waals surface area contributed by atoms with Crippen LogP contribution < -0.4 is 15.0 Å². The number of hydrogen-bond acceptors (Lipinski definition) is 14. The Balaban J connectivity index is 1.02. The number of fused-ring (bicyclic) bond motifs is 1. The Morgan fingerprint density at radius 3 is 2.28 bits per heavy atom. The van der Waals surface area contributed by atoms with Crippen LogP contribution in [0.5, 0.6) is 5.75 Å². The minimum atomic E-state index is -3.81. The molecule has 1 atom stereocenters. The molecule has 17 nitrogen and oxygen atoms in total. The number of sulfone groups is 1. The molecule has 0 unspecified atom stereocenters. The minimum absolute atomic E-state index is 0.0747. The van der Waals surface area contributed by atoms with Gasteiger partial charge in [-0.15, -0.1) is 0 Å². The van der Waals surface area contributed by atoms with Gasteiger partial charge in [0, 0.05) is 81.1 Å². The summed E-state index contributed by atoms with van der Waals surface area (Å²) in [5.41, 5.74) is 2.10. The summed E-state index contributed by atoms with van der Waals surface area (Å²) < 4.78 is 38.4. The van der Waals surface area contributed by atoms with E-state index < -0.39 is 20.2 Å². The van der Waals surface area contributed by atoms with Crippen LogP contribution in [0.15, 0.2) is 35.7 Å². The molecule has 0 radical (unpaired) electrons. The van der Waals surface area contributed by atoms with Gasteiger partial charge in [-0.05, 0) is 74.8 Å². The molecule has 2 aliphatic rings. The summed E-state index contributed by atoms with van der Waals surface area (Å²) in [5.74, 6) is 1.77. The molecule has 4 aromatic rings. The lowest BCUT2D eigenvalue weighted by molar-refractivity contribution is 0.0158. The number of carbonyl (C=O) groups is 2. The number of aromatic nitrogens is 6. The van der Waals surface area contributed by atoms with Crippen molar-refractivity contribution in [3.05, 3.63) is 47.8 Å². The van der Waals surface area contributed by atoms with Gasteiger partial charge in [-0.1, -0.05) is 0 Å². The number of amides is 2. The number of aryl methyl sites for hydroxylation is 1. The number of anilines is 3. The summed E-state index contributed by atoms with van der Waals surface area (Å²) in [7, 11) is -3.81. The maximum absolute atomic E-state index is 13.9. The average Bonchev–Trinajstić information content (AvgIpc) is 3.47. The third-order valence-corrected chi connectivity index (χ3v) is 12.8. The average molecular weight is 806 g/mol. The molecule has 308 valence electrons. The van der Waals surface area contributed by atoms with Crippen LogP contribution in [0.25, 0.3) is 10.9 Å². The Kier molecular flexibility index (Phi) is 12.0. The Labute approximate surface area is 334 Å². The van der Waals surface area contributed by atoms with Crippen molar-refractivity contribution in [1.82, 2.24) is 44.8 Å². The molecule has 0 saturated carbocycles. The van der Waals surface area contributed by atoms with Crippen molar-refractivity contribution in [2.45, 2.75) is 90.0 Å². The number of nitrogens with zero attached hydrogens (tertiary/aromatic N) is 9. The number of benzene rings is 1. The summed E-state index contributed by atoms with van der Waals surface area (Å²) in [4.78, 5) is 51.7. The van der Waals surface area contributed by atoms with Gasteiger partial charge in [-0.25, -0.2) is 33.1 Å². The van der Waals surface area contributed by atoms with E-state index in [9.17, 15) is 18.0 Å². The van der Waals surface area contributed by atoms with Crippen LogP contribution in [0.2, 0.25) is 0 Å². The zero-order chi connectivity index (χ0) is 41.3. The monoisotopic (exact) mass is 805 g/mol. The molecule has 1 aromatic carbocycles. The summed E-state index contributed by atoms with van der Waals surface area (Å²) in [6.07, 6.45) is 4.89. The second-order valence-electron chi connectivity index (χ2n) is 16.7. The van der Waals surface area contributed by atoms with Gasteiger partial charge in [-0.2, -0.15) is 5.10 Å². The molecule has 2 N–H and O–H groups in total. The number of H-pyrrole nitrogens is 1. The normalized spacial score (nSPS) is 17.2. The molecule has 2 saturated heterocycles. The third kappa shape index (κ3) is 9.38. The van der Waals surface area contributed by atoms with Crippen LogP contribution in [0, 0.1) is 13.8 Å². The highest BCUT2D eigenvalue weighted by Crippen LogP contribution is 2.37. The molecule has 6 rings (SSSR count). The molecular weight excluding hydrogens is 751 g/mol. The summed E-state index contributed by atoms with van der Waals surface area (Å²) in [6, 6.07) is 3.18. The number of ether oxygens (including phenoxy) is 2. The van der Waals surface area contributed by atoms with Gasteiger partial charge < -0.3 is 29.5 Å². The SMILES string of the molecule is Cc1[nH]nc(Nc2ncnc3cc(OCCCN4CCN(C(=O)c5cnc(N6CCN(C(=O)OC(C)(C)C)[C@H](C)C6)cn5)CC4)c(S(=O)(=O)C(C)(C)C)cc23)c1C. The lowest BCUT2D eigenvalue weighted by atomic mass is 10.2. The molecule has 0 aliphatic carbocycles. The van der Waals surface area contributed by atoms with E-state index in [0.29, 0.717) is 87.1 Å². The molecule has 5 heterocycles. The van der Waals surface area contributed by atoms with Crippen molar-refractivity contribution >= 4 is 50.2 Å². The number of rotatable bonds is 10. The van der Waals surface area contributed by atoms with Crippen molar-refractivity contribution in [1.29, 1.82) is 0 Å². The Morgan fingerprint density at radius 2 is 1.67 bits per heavy atom. The topological polar surface area (TPSA) is 192 Å². The number of carbonyl (C=O) groups excluding carboxylic acids is 2. The maximum Gasteiger partial charge on any atom is 0.410 e. The predicted octanol–water partition coefficient (Wildman–Crippen LogP) is 4.75. The fourth-order valence-electron chi connectivity index (χ4n) is 6.69. The van der Waals surface area contributed by atoms with Gasteiger partial charge in [0.1, 0.15) is 39.9 Å². The first-order valence-corrected chi connectivity index (χ1v) is 20.8. The Hall–Kier alpha value is -5.10. The van der Waals surface area contributed by atoms with E-state index in [0.717, 1.165) is 11.3 Å². The molecule has 2 amide bonds. The predicted molar refractivity (Wildman–Crippen MR) is 217 cm³/mol. The fourth-order valence-corrected chi connectivity index (χ4v) is 8.01. The van der Waals surface area contributed by atoms with Gasteiger partial charge in [0.25, 0.3) is 5.91 Å². The van der Waals surface area contributed by atoms with Crippen molar-refractivity contribution < 1.29 is 27.5 Å². The van der Waals surface area contributed by atoms with Gasteiger partial charge in [0.05, 0.1) is 29.3 Å². The molecule has 0 bridgehead atoms. The molecular formula is C39H55N11O6S. The second-order valence-corrected chi connectivity index (χ2v) is 19.3. The first kappa shape index (κ1) is 41.5. The van der Waals surface area contributed by atoms with Crippen molar-refractivity contribution in [2.24, 2.45) is 0 Å². The zero-order valence-corrected chi connectivity index (χ0v) is 35.2. The van der Waals surface area contributed by atoms with Crippen LogP contribution in [0.4, 0.5) is 22.2 Å². The zero-order valence-electron chi connectivity index (χ0n) is 34.4. The third-order valence-electron chi connectivity index (χ3n) is 10.3. The molecule has 18 heteroatoms. The van der Waals surface area contributed by atoms with Crippen LogP contribution in [-0.4, -0.2) is 141 Å². The van der Waals surface area contributed by atoms with E-state index in [1.807, 2.05) is 41.5 Å². The quantitative estimate of drug-likeness (QED) is 0.209. The Morgan fingerprint density at radius 1 is 0.930 bits per heavy atom. The highest BCUT2D eigenvalue weighted by Gasteiger charge is 2.35. The number of piperazine rings is 2. The number of hydrogen-bond donors (Lipinski definition) is 2. The maximum atomic E-state index is 13.9. The van der Waals surface area contributed by atoms with Crippen LogP contribution in [-0.2, 0) is 14.6 Å².